The fraction of sp³-hybridized carbons (Fsp3) is 0.200. The van der Waals surface area contributed by atoms with Gasteiger partial charge in [-0.15, -0.1) is 0 Å². The van der Waals surface area contributed by atoms with E-state index in [4.69, 9.17) is 27.9 Å². The Morgan fingerprint density at radius 1 is 1.24 bits per heavy atom. The van der Waals surface area contributed by atoms with Crippen LogP contribution in [-0.2, 0) is 0 Å². The van der Waals surface area contributed by atoms with Gasteiger partial charge in [0.05, 0.1) is 28.9 Å². The van der Waals surface area contributed by atoms with E-state index in [0.717, 1.165) is 5.69 Å². The zero-order chi connectivity index (χ0) is 15.4. The Morgan fingerprint density at radius 2 is 1.95 bits per heavy atom. The molecule has 1 aromatic heterocycles. The van der Waals surface area contributed by atoms with Crippen molar-refractivity contribution >= 4 is 29.1 Å². The van der Waals surface area contributed by atoms with Gasteiger partial charge in [-0.05, 0) is 31.2 Å². The Morgan fingerprint density at radius 3 is 2.57 bits per heavy atom. The Hall–Kier alpha value is -1.78. The summed E-state index contributed by atoms with van der Waals surface area (Å²) < 4.78 is 5.17. The molecule has 1 N–H and O–H groups in total. The van der Waals surface area contributed by atoms with E-state index in [0.29, 0.717) is 5.02 Å². The van der Waals surface area contributed by atoms with E-state index < -0.39 is 0 Å². The molecule has 21 heavy (non-hydrogen) atoms. The number of methoxy groups -OCH3 is 1. The first-order valence-electron chi connectivity index (χ1n) is 6.28. The molecule has 2 aromatic rings. The van der Waals surface area contributed by atoms with Crippen LogP contribution in [0.3, 0.4) is 0 Å². The molecule has 1 heterocycles. The Bertz CT molecular complexity index is 648. The normalized spacial score (nSPS) is 11.8. The van der Waals surface area contributed by atoms with Gasteiger partial charge in [0.1, 0.15) is 5.56 Å². The molecule has 4 nitrogen and oxygen atoms in total. The van der Waals surface area contributed by atoms with Gasteiger partial charge in [-0.3, -0.25) is 9.78 Å². The maximum Gasteiger partial charge on any atom is 0.257 e. The molecular formula is C15H14Cl2N2O2. The number of hydrogen-bond donors (Lipinski definition) is 1. The number of ether oxygens (including phenoxy) is 1. The minimum atomic E-state index is -0.363. The number of nitrogens with zero attached hydrogens (tertiary/aromatic N) is 1. The summed E-state index contributed by atoms with van der Waals surface area (Å²) in [7, 11) is 1.44. The number of amides is 1. The van der Waals surface area contributed by atoms with Gasteiger partial charge in [0.15, 0.2) is 5.75 Å². The van der Waals surface area contributed by atoms with E-state index in [1.807, 2.05) is 25.1 Å². The van der Waals surface area contributed by atoms with Crippen LogP contribution in [0.4, 0.5) is 0 Å². The van der Waals surface area contributed by atoms with E-state index in [1.54, 1.807) is 18.3 Å². The van der Waals surface area contributed by atoms with E-state index >= 15 is 0 Å². The quantitative estimate of drug-likeness (QED) is 0.928. The summed E-state index contributed by atoms with van der Waals surface area (Å²) in [5.41, 5.74) is 0.970. The minimum absolute atomic E-state index is 0.217. The maximum absolute atomic E-state index is 12.4. The van der Waals surface area contributed by atoms with Crippen molar-refractivity contribution in [3.63, 3.8) is 0 Å². The lowest BCUT2D eigenvalue weighted by atomic mass is 10.1. The summed E-state index contributed by atoms with van der Waals surface area (Å²) in [6, 6.07) is 8.39. The molecule has 1 aromatic carbocycles. The molecule has 0 radical (unpaired) electrons. The summed E-state index contributed by atoms with van der Waals surface area (Å²) in [4.78, 5) is 16.6. The lowest BCUT2D eigenvalue weighted by molar-refractivity contribution is 0.0936. The first kappa shape index (κ1) is 15.6. The molecule has 0 aliphatic heterocycles. The highest BCUT2D eigenvalue weighted by Crippen LogP contribution is 2.34. The second-order valence-electron chi connectivity index (χ2n) is 4.39. The Balaban J connectivity index is 2.27. The van der Waals surface area contributed by atoms with Crippen LogP contribution in [0.25, 0.3) is 0 Å². The number of aromatic nitrogens is 1. The van der Waals surface area contributed by atoms with Crippen LogP contribution < -0.4 is 10.1 Å². The maximum atomic E-state index is 12.4. The van der Waals surface area contributed by atoms with Crippen LogP contribution in [0.5, 0.6) is 5.75 Å². The van der Waals surface area contributed by atoms with Crippen LogP contribution in [0.2, 0.25) is 10.0 Å². The predicted molar refractivity (Wildman–Crippen MR) is 83.1 cm³/mol. The Kier molecular flexibility index (Phi) is 5.04. The van der Waals surface area contributed by atoms with Crippen molar-refractivity contribution < 1.29 is 9.53 Å². The topological polar surface area (TPSA) is 51.2 Å². The van der Waals surface area contributed by atoms with Crippen molar-refractivity contribution in [1.82, 2.24) is 10.3 Å². The lowest BCUT2D eigenvalue weighted by Crippen LogP contribution is -2.28. The van der Waals surface area contributed by atoms with E-state index in [-0.39, 0.29) is 28.3 Å². The molecule has 1 atom stereocenters. The molecular weight excluding hydrogens is 311 g/mol. The number of nitrogens with one attached hydrogen (secondary N) is 1. The second kappa shape index (κ2) is 6.78. The molecule has 2 rings (SSSR count). The molecule has 1 amide bonds. The van der Waals surface area contributed by atoms with Gasteiger partial charge in [0, 0.05) is 6.20 Å². The van der Waals surface area contributed by atoms with Crippen LogP contribution >= 0.6 is 23.2 Å². The van der Waals surface area contributed by atoms with E-state index in [9.17, 15) is 4.79 Å². The Labute approximate surface area is 133 Å². The molecule has 110 valence electrons. The number of pyridine rings is 1. The molecule has 0 fully saturated rings. The smallest absolute Gasteiger partial charge is 0.257 e. The summed E-state index contributed by atoms with van der Waals surface area (Å²) >= 11 is 12.1. The van der Waals surface area contributed by atoms with E-state index in [1.165, 1.54) is 7.11 Å². The van der Waals surface area contributed by atoms with Crippen molar-refractivity contribution in [2.45, 2.75) is 13.0 Å². The van der Waals surface area contributed by atoms with Gasteiger partial charge in [-0.1, -0.05) is 29.3 Å². The van der Waals surface area contributed by atoms with Crippen molar-refractivity contribution in [2.75, 3.05) is 7.11 Å². The highest BCUT2D eigenvalue weighted by Gasteiger charge is 2.21. The van der Waals surface area contributed by atoms with Gasteiger partial charge in [-0.25, -0.2) is 0 Å². The fourth-order valence-corrected chi connectivity index (χ4v) is 2.39. The van der Waals surface area contributed by atoms with Crippen molar-refractivity contribution in [3.05, 3.63) is 57.8 Å². The summed E-state index contributed by atoms with van der Waals surface area (Å²) in [5.74, 6) is -0.104. The van der Waals surface area contributed by atoms with Crippen LogP contribution in [0.15, 0.2) is 36.5 Å². The monoisotopic (exact) mass is 324 g/mol. The number of hydrogen-bond acceptors (Lipinski definition) is 3. The van der Waals surface area contributed by atoms with Crippen molar-refractivity contribution in [1.29, 1.82) is 0 Å². The van der Waals surface area contributed by atoms with Crippen molar-refractivity contribution in [3.8, 4) is 5.75 Å². The standard InChI is InChI=1S/C15H14Cl2N2O2/c1-9(12-5-3-4-8-18-12)19-15(20)13-10(16)6-7-11(17)14(13)21-2/h3-9H,1-2H3,(H,19,20). The molecule has 0 spiro atoms. The summed E-state index contributed by atoms with van der Waals surface area (Å²) in [5, 5.41) is 3.44. The molecule has 0 aliphatic carbocycles. The first-order chi connectivity index (χ1) is 10.0. The average molecular weight is 325 g/mol. The summed E-state index contributed by atoms with van der Waals surface area (Å²) in [6.07, 6.45) is 1.67. The van der Waals surface area contributed by atoms with Crippen LogP contribution in [0, 0.1) is 0 Å². The number of carbonyl (C=O) groups excluding carboxylic acids is 1. The molecule has 1 unspecified atom stereocenters. The first-order valence-corrected chi connectivity index (χ1v) is 7.04. The van der Waals surface area contributed by atoms with Gasteiger partial charge < -0.3 is 10.1 Å². The van der Waals surface area contributed by atoms with Crippen molar-refractivity contribution in [2.24, 2.45) is 0 Å². The van der Waals surface area contributed by atoms with Crippen LogP contribution in [0.1, 0.15) is 29.0 Å². The van der Waals surface area contributed by atoms with Gasteiger partial charge >= 0.3 is 0 Å². The number of halogens is 2. The molecule has 0 bridgehead atoms. The highest BCUT2D eigenvalue weighted by molar-refractivity contribution is 6.37. The van der Waals surface area contributed by atoms with Gasteiger partial charge in [0.2, 0.25) is 0 Å². The lowest BCUT2D eigenvalue weighted by Gasteiger charge is -2.16. The third-order valence-electron chi connectivity index (χ3n) is 2.97. The largest absolute Gasteiger partial charge is 0.494 e. The zero-order valence-corrected chi connectivity index (χ0v) is 13.1. The van der Waals surface area contributed by atoms with Gasteiger partial charge in [0.25, 0.3) is 5.91 Å². The fourth-order valence-electron chi connectivity index (χ4n) is 1.92. The van der Waals surface area contributed by atoms with Crippen LogP contribution in [-0.4, -0.2) is 18.0 Å². The summed E-state index contributed by atoms with van der Waals surface area (Å²) in [6.45, 7) is 1.84. The molecule has 0 saturated carbocycles. The van der Waals surface area contributed by atoms with E-state index in [2.05, 4.69) is 10.3 Å². The van der Waals surface area contributed by atoms with Gasteiger partial charge in [-0.2, -0.15) is 0 Å². The molecule has 0 saturated heterocycles. The second-order valence-corrected chi connectivity index (χ2v) is 5.20. The minimum Gasteiger partial charge on any atom is -0.494 e. The molecule has 6 heteroatoms. The number of benzene rings is 1. The molecule has 0 aliphatic rings. The number of carbonyl (C=O) groups is 1. The number of rotatable bonds is 4. The highest BCUT2D eigenvalue weighted by atomic mass is 35.5. The third-order valence-corrected chi connectivity index (χ3v) is 3.58. The third kappa shape index (κ3) is 3.46. The zero-order valence-electron chi connectivity index (χ0n) is 11.6. The average Bonchev–Trinajstić information content (AvgIpc) is 2.49. The SMILES string of the molecule is COc1c(Cl)ccc(Cl)c1C(=O)NC(C)c1ccccn1. The predicted octanol–water partition coefficient (Wildman–Crippen LogP) is 3.89.